The number of allylic oxidation sites excluding steroid dienone is 12. The highest BCUT2D eigenvalue weighted by atomic mass is 14.6. The minimum atomic E-state index is 0.198. The summed E-state index contributed by atoms with van der Waals surface area (Å²) in [5.41, 5.74) is 20.2. The molecule has 0 radical (unpaired) electrons. The average molecular weight is 578 g/mol. The molecule has 4 aromatic rings. The lowest BCUT2D eigenvalue weighted by Crippen LogP contribution is -2.40. The predicted octanol–water partition coefficient (Wildman–Crippen LogP) is 8.08. The molecule has 0 aromatic heterocycles. The Labute approximate surface area is 265 Å². The molecule has 0 fully saturated rings. The zero-order valence-electron chi connectivity index (χ0n) is 25.2. The maximum atomic E-state index is 6.81. The second-order valence-electron chi connectivity index (χ2n) is 12.9. The summed E-state index contributed by atoms with van der Waals surface area (Å²) in [4.78, 5) is 0. The van der Waals surface area contributed by atoms with Crippen molar-refractivity contribution < 1.29 is 0 Å². The van der Waals surface area contributed by atoms with Crippen LogP contribution in [0.25, 0.3) is 16.7 Å². The van der Waals surface area contributed by atoms with Gasteiger partial charge in [0, 0.05) is 35.3 Å². The highest BCUT2D eigenvalue weighted by Crippen LogP contribution is 2.52. The van der Waals surface area contributed by atoms with Gasteiger partial charge >= 0.3 is 0 Å². The van der Waals surface area contributed by atoms with Crippen molar-refractivity contribution in [2.24, 2.45) is 23.5 Å². The van der Waals surface area contributed by atoms with E-state index in [9.17, 15) is 0 Å². The fourth-order valence-corrected chi connectivity index (χ4v) is 8.63. The third-order valence-electron chi connectivity index (χ3n) is 10.6. The van der Waals surface area contributed by atoms with Crippen LogP contribution >= 0.6 is 0 Å². The molecule has 1 heteroatoms. The molecule has 5 unspecified atom stereocenters. The molecule has 0 amide bonds. The Morgan fingerprint density at radius 3 is 1.80 bits per heavy atom. The molecule has 216 valence electrons. The summed E-state index contributed by atoms with van der Waals surface area (Å²) in [5, 5.41) is 2.70. The van der Waals surface area contributed by atoms with Gasteiger partial charge in [-0.05, 0) is 73.0 Å². The van der Waals surface area contributed by atoms with Crippen LogP contribution in [0.5, 0.6) is 0 Å². The summed E-state index contributed by atoms with van der Waals surface area (Å²) < 4.78 is 0. The molecule has 0 bridgehead atoms. The zero-order chi connectivity index (χ0) is 29.9. The fraction of sp³-hybridized carbons (Fsp3) is 0.136. The van der Waals surface area contributed by atoms with E-state index in [1.807, 2.05) is 0 Å². The van der Waals surface area contributed by atoms with E-state index >= 15 is 0 Å². The Balaban J connectivity index is 1.26. The van der Waals surface area contributed by atoms with Crippen LogP contribution in [0.3, 0.4) is 0 Å². The molecule has 0 saturated heterocycles. The smallest absolute Gasteiger partial charge is 0.0276 e. The number of nitrogens with two attached hydrogens (primary N) is 1. The monoisotopic (exact) mass is 577 g/mol. The molecule has 0 aliphatic heterocycles. The molecule has 4 aromatic carbocycles. The van der Waals surface area contributed by atoms with Gasteiger partial charge in [-0.1, -0.05) is 152 Å². The molecular formula is C44H35N. The van der Waals surface area contributed by atoms with Crippen molar-refractivity contribution in [1.29, 1.82) is 0 Å². The summed E-state index contributed by atoms with van der Waals surface area (Å²) in [6.07, 6.45) is 21.7. The van der Waals surface area contributed by atoms with Gasteiger partial charge in [0.25, 0.3) is 0 Å². The second kappa shape index (κ2) is 10.5. The van der Waals surface area contributed by atoms with Crippen LogP contribution in [-0.4, -0.2) is 0 Å². The molecule has 1 nitrogen and oxygen atoms in total. The van der Waals surface area contributed by atoms with E-state index in [0.29, 0.717) is 11.8 Å². The molecule has 5 aliphatic rings. The van der Waals surface area contributed by atoms with Gasteiger partial charge in [0.2, 0.25) is 0 Å². The number of hydrogen-bond donors (Lipinski definition) is 1. The lowest BCUT2D eigenvalue weighted by atomic mass is 9.64. The standard InChI is InChI=1S/C44H35N/c45-42-27-41-32-18-8-7-17-31(32)39-25-30(23-24-33(39)40(41)26-38(42)28-13-3-1-4-14-28)44-36-21-11-9-19-34(36)43(29-15-5-2-6-16-29)35-20-10-12-22-37(35)44/h1-25,27,31-32,34,36,38H,26,45H2. The molecular weight excluding hydrogens is 542 g/mol. The summed E-state index contributed by atoms with van der Waals surface area (Å²) >= 11 is 0. The van der Waals surface area contributed by atoms with Crippen molar-refractivity contribution >= 4 is 16.7 Å². The lowest BCUT2D eigenvalue weighted by Gasteiger charge is -2.39. The molecule has 45 heavy (non-hydrogen) atoms. The van der Waals surface area contributed by atoms with Gasteiger partial charge < -0.3 is 5.73 Å². The van der Waals surface area contributed by atoms with Gasteiger partial charge in [-0.15, -0.1) is 0 Å². The Morgan fingerprint density at radius 2 is 1.11 bits per heavy atom. The summed E-state index contributed by atoms with van der Waals surface area (Å²) in [6, 6.07) is 38.1. The van der Waals surface area contributed by atoms with Crippen LogP contribution in [0.2, 0.25) is 0 Å². The Kier molecular flexibility index (Phi) is 6.13. The van der Waals surface area contributed by atoms with Gasteiger partial charge in [-0.3, -0.25) is 0 Å². The van der Waals surface area contributed by atoms with Crippen molar-refractivity contribution in [1.82, 2.24) is 0 Å². The fourth-order valence-electron chi connectivity index (χ4n) is 8.63. The normalized spacial score (nSPS) is 25.6. The topological polar surface area (TPSA) is 26.0 Å². The first-order chi connectivity index (χ1) is 22.3. The van der Waals surface area contributed by atoms with E-state index in [2.05, 4.69) is 158 Å². The molecule has 2 N–H and O–H groups in total. The average Bonchev–Trinajstić information content (AvgIpc) is 3.11. The van der Waals surface area contributed by atoms with Gasteiger partial charge in [0.05, 0.1) is 0 Å². The van der Waals surface area contributed by atoms with E-state index < -0.39 is 0 Å². The molecule has 5 aliphatic carbocycles. The predicted molar refractivity (Wildman–Crippen MR) is 186 cm³/mol. The lowest BCUT2D eigenvalue weighted by molar-refractivity contribution is 0.641. The molecule has 9 rings (SSSR count). The zero-order valence-corrected chi connectivity index (χ0v) is 25.2. The Morgan fingerprint density at radius 1 is 0.533 bits per heavy atom. The molecule has 5 atom stereocenters. The van der Waals surface area contributed by atoms with E-state index in [4.69, 9.17) is 5.73 Å². The molecule has 0 saturated carbocycles. The molecule has 0 spiro atoms. The third-order valence-corrected chi connectivity index (χ3v) is 10.6. The van der Waals surface area contributed by atoms with Gasteiger partial charge in [0.1, 0.15) is 0 Å². The summed E-state index contributed by atoms with van der Waals surface area (Å²) in [5.74, 6) is 1.35. The largest absolute Gasteiger partial charge is 0.402 e. The van der Waals surface area contributed by atoms with Gasteiger partial charge in [0.15, 0.2) is 0 Å². The SMILES string of the molecule is NC1=CC2=C(CC1c1ccccc1)c1ccc(C3=c4ccccc4=C(c4ccccc4)C4C=CC=CC34)cc1C1C=CC=CC21. The van der Waals surface area contributed by atoms with Gasteiger partial charge in [-0.25, -0.2) is 0 Å². The summed E-state index contributed by atoms with van der Waals surface area (Å²) in [6.45, 7) is 0. The maximum absolute atomic E-state index is 6.81. The Bertz CT molecular complexity index is 2150. The second-order valence-corrected chi connectivity index (χ2v) is 12.9. The quantitative estimate of drug-likeness (QED) is 0.262. The minimum absolute atomic E-state index is 0.198. The minimum Gasteiger partial charge on any atom is -0.402 e. The van der Waals surface area contributed by atoms with Crippen LogP contribution in [-0.2, 0) is 0 Å². The van der Waals surface area contributed by atoms with Crippen molar-refractivity contribution in [3.05, 3.63) is 207 Å². The van der Waals surface area contributed by atoms with E-state index in [1.165, 1.54) is 60.5 Å². The highest BCUT2D eigenvalue weighted by Gasteiger charge is 2.38. The van der Waals surface area contributed by atoms with Crippen LogP contribution in [0, 0.1) is 17.8 Å². The number of fused-ring (bicyclic) bond motifs is 7. The third kappa shape index (κ3) is 4.15. The van der Waals surface area contributed by atoms with E-state index in [1.54, 1.807) is 0 Å². The number of hydrogen-bond acceptors (Lipinski definition) is 1. The van der Waals surface area contributed by atoms with Crippen LogP contribution < -0.4 is 16.2 Å². The van der Waals surface area contributed by atoms with Crippen molar-refractivity contribution in [2.45, 2.75) is 18.3 Å². The van der Waals surface area contributed by atoms with E-state index in [0.717, 1.165) is 12.1 Å². The first kappa shape index (κ1) is 26.3. The van der Waals surface area contributed by atoms with Crippen molar-refractivity contribution in [3.63, 3.8) is 0 Å². The highest BCUT2D eigenvalue weighted by molar-refractivity contribution is 5.85. The van der Waals surface area contributed by atoms with Crippen LogP contribution in [0.15, 0.2) is 169 Å². The van der Waals surface area contributed by atoms with Crippen LogP contribution in [0.4, 0.5) is 0 Å². The maximum Gasteiger partial charge on any atom is 0.0276 e. The van der Waals surface area contributed by atoms with Crippen molar-refractivity contribution in [3.8, 4) is 0 Å². The van der Waals surface area contributed by atoms with Gasteiger partial charge in [-0.2, -0.15) is 0 Å². The first-order valence-electron chi connectivity index (χ1n) is 16.2. The first-order valence-corrected chi connectivity index (χ1v) is 16.2. The molecule has 0 heterocycles. The number of rotatable bonds is 3. The van der Waals surface area contributed by atoms with Crippen LogP contribution in [0.1, 0.15) is 46.1 Å². The van der Waals surface area contributed by atoms with E-state index in [-0.39, 0.29) is 17.8 Å². The Hall–Kier alpha value is -5.14. The van der Waals surface area contributed by atoms with Crippen molar-refractivity contribution in [2.75, 3.05) is 0 Å². The number of benzene rings is 4. The summed E-state index contributed by atoms with van der Waals surface area (Å²) in [7, 11) is 0.